The Kier molecular flexibility index (Phi) is 3.81. The standard InChI is InChI=1S/C15H12F4O/c1-7-5-8(2)12(11(17)6-7)15(20)9-3-4-10(16)14(19)13(9)18/h3-6,15,20H,1-2H3. The van der Waals surface area contributed by atoms with Crippen LogP contribution in [-0.4, -0.2) is 5.11 Å². The van der Waals surface area contributed by atoms with Crippen LogP contribution in [0.5, 0.6) is 0 Å². The second kappa shape index (κ2) is 5.25. The third-order valence-electron chi connectivity index (χ3n) is 3.11. The Morgan fingerprint density at radius 1 is 0.900 bits per heavy atom. The molecule has 1 atom stereocenters. The molecule has 2 aromatic carbocycles. The van der Waals surface area contributed by atoms with Crippen LogP contribution in [0.2, 0.25) is 0 Å². The van der Waals surface area contributed by atoms with E-state index in [9.17, 15) is 22.7 Å². The molecule has 0 saturated carbocycles. The lowest BCUT2D eigenvalue weighted by molar-refractivity contribution is 0.206. The van der Waals surface area contributed by atoms with E-state index in [0.29, 0.717) is 17.2 Å². The summed E-state index contributed by atoms with van der Waals surface area (Å²) >= 11 is 0. The first-order valence-electron chi connectivity index (χ1n) is 5.91. The average molecular weight is 284 g/mol. The molecule has 0 aliphatic carbocycles. The molecular formula is C15H12F4O. The van der Waals surface area contributed by atoms with Gasteiger partial charge in [-0.3, -0.25) is 0 Å². The maximum absolute atomic E-state index is 13.9. The third kappa shape index (κ3) is 2.41. The fourth-order valence-electron chi connectivity index (χ4n) is 2.18. The second-order valence-corrected chi connectivity index (χ2v) is 4.64. The van der Waals surface area contributed by atoms with Gasteiger partial charge >= 0.3 is 0 Å². The molecule has 0 bridgehead atoms. The van der Waals surface area contributed by atoms with Gasteiger partial charge in [0.25, 0.3) is 0 Å². The Hall–Kier alpha value is -1.88. The summed E-state index contributed by atoms with van der Waals surface area (Å²) in [7, 11) is 0. The van der Waals surface area contributed by atoms with E-state index >= 15 is 0 Å². The zero-order valence-electron chi connectivity index (χ0n) is 10.8. The molecule has 5 heteroatoms. The Morgan fingerprint density at radius 3 is 2.15 bits per heavy atom. The van der Waals surface area contributed by atoms with Gasteiger partial charge in [0.2, 0.25) is 0 Å². The maximum atomic E-state index is 13.9. The van der Waals surface area contributed by atoms with Gasteiger partial charge in [0.05, 0.1) is 0 Å². The molecule has 0 radical (unpaired) electrons. The van der Waals surface area contributed by atoms with Crippen molar-refractivity contribution < 1.29 is 22.7 Å². The minimum Gasteiger partial charge on any atom is -0.383 e. The normalized spacial score (nSPS) is 12.6. The molecular weight excluding hydrogens is 272 g/mol. The van der Waals surface area contributed by atoms with Crippen LogP contribution in [-0.2, 0) is 0 Å². The summed E-state index contributed by atoms with van der Waals surface area (Å²) in [4.78, 5) is 0. The topological polar surface area (TPSA) is 20.2 Å². The summed E-state index contributed by atoms with van der Waals surface area (Å²) in [6, 6.07) is 4.39. The summed E-state index contributed by atoms with van der Waals surface area (Å²) in [5.74, 6) is -5.29. The number of aliphatic hydroxyl groups excluding tert-OH is 1. The number of aryl methyl sites for hydroxylation is 2. The summed E-state index contributed by atoms with van der Waals surface area (Å²) in [5, 5.41) is 10.1. The molecule has 0 aromatic heterocycles. The lowest BCUT2D eigenvalue weighted by Gasteiger charge is -2.17. The van der Waals surface area contributed by atoms with Crippen LogP contribution in [0.3, 0.4) is 0 Å². The molecule has 1 nitrogen and oxygen atoms in total. The molecule has 0 aliphatic heterocycles. The highest BCUT2D eigenvalue weighted by Gasteiger charge is 2.24. The zero-order chi connectivity index (χ0) is 15.0. The molecule has 1 unspecified atom stereocenters. The first-order valence-corrected chi connectivity index (χ1v) is 5.91. The molecule has 20 heavy (non-hydrogen) atoms. The maximum Gasteiger partial charge on any atom is 0.194 e. The molecule has 0 fully saturated rings. The molecule has 1 N–H and O–H groups in total. The number of halogens is 4. The highest BCUT2D eigenvalue weighted by molar-refractivity contribution is 5.39. The van der Waals surface area contributed by atoms with Gasteiger partial charge in [-0.1, -0.05) is 12.1 Å². The molecule has 0 spiro atoms. The van der Waals surface area contributed by atoms with E-state index in [1.807, 2.05) is 0 Å². The van der Waals surface area contributed by atoms with Crippen LogP contribution >= 0.6 is 0 Å². The average Bonchev–Trinajstić information content (AvgIpc) is 2.34. The lowest BCUT2D eigenvalue weighted by Crippen LogP contribution is -2.09. The minimum atomic E-state index is -1.70. The van der Waals surface area contributed by atoms with Gasteiger partial charge in [-0.25, -0.2) is 17.6 Å². The van der Waals surface area contributed by atoms with Gasteiger partial charge < -0.3 is 5.11 Å². The van der Waals surface area contributed by atoms with Crippen molar-refractivity contribution in [3.63, 3.8) is 0 Å². The lowest BCUT2D eigenvalue weighted by atomic mass is 9.95. The largest absolute Gasteiger partial charge is 0.383 e. The van der Waals surface area contributed by atoms with Crippen molar-refractivity contribution in [2.75, 3.05) is 0 Å². The van der Waals surface area contributed by atoms with Crippen LogP contribution in [0.15, 0.2) is 24.3 Å². The van der Waals surface area contributed by atoms with E-state index in [1.54, 1.807) is 19.9 Å². The van der Waals surface area contributed by atoms with E-state index in [4.69, 9.17) is 0 Å². The molecule has 0 amide bonds. The van der Waals surface area contributed by atoms with E-state index in [0.717, 1.165) is 6.07 Å². The first-order chi connectivity index (χ1) is 9.32. The Balaban J connectivity index is 2.58. The number of hydrogen-bond acceptors (Lipinski definition) is 1. The van der Waals surface area contributed by atoms with Crippen molar-refractivity contribution in [3.05, 3.63) is 69.8 Å². The molecule has 106 valence electrons. The first kappa shape index (κ1) is 14.5. The Bertz CT molecular complexity index is 644. The minimum absolute atomic E-state index is 0.152. The van der Waals surface area contributed by atoms with Crippen molar-refractivity contribution in [2.24, 2.45) is 0 Å². The van der Waals surface area contributed by atoms with E-state index < -0.39 is 34.9 Å². The van der Waals surface area contributed by atoms with Gasteiger partial charge in [-0.15, -0.1) is 0 Å². The van der Waals surface area contributed by atoms with E-state index in [1.165, 1.54) is 6.07 Å². The highest BCUT2D eigenvalue weighted by atomic mass is 19.2. The fraction of sp³-hybridized carbons (Fsp3) is 0.200. The third-order valence-corrected chi connectivity index (χ3v) is 3.11. The summed E-state index contributed by atoms with van der Waals surface area (Å²) < 4.78 is 53.6. The Morgan fingerprint density at radius 2 is 1.55 bits per heavy atom. The Labute approximate surface area is 113 Å². The van der Waals surface area contributed by atoms with Crippen molar-refractivity contribution in [3.8, 4) is 0 Å². The molecule has 2 aromatic rings. The van der Waals surface area contributed by atoms with E-state index in [-0.39, 0.29) is 5.56 Å². The van der Waals surface area contributed by atoms with Crippen LogP contribution in [0, 0.1) is 37.1 Å². The number of rotatable bonds is 2. The van der Waals surface area contributed by atoms with E-state index in [2.05, 4.69) is 0 Å². The number of benzene rings is 2. The predicted octanol–water partition coefficient (Wildman–Crippen LogP) is 3.94. The highest BCUT2D eigenvalue weighted by Crippen LogP contribution is 2.31. The number of aliphatic hydroxyl groups is 1. The van der Waals surface area contributed by atoms with Gasteiger partial charge in [0.15, 0.2) is 17.5 Å². The van der Waals surface area contributed by atoms with Gasteiger partial charge in [-0.05, 0) is 37.1 Å². The quantitative estimate of drug-likeness (QED) is 0.654. The van der Waals surface area contributed by atoms with Crippen molar-refractivity contribution in [1.82, 2.24) is 0 Å². The molecule has 0 saturated heterocycles. The summed E-state index contributed by atoms with van der Waals surface area (Å²) in [5.41, 5.74) is 0.385. The van der Waals surface area contributed by atoms with Crippen molar-refractivity contribution in [2.45, 2.75) is 20.0 Å². The summed E-state index contributed by atoms with van der Waals surface area (Å²) in [6.45, 7) is 3.22. The predicted molar refractivity (Wildman–Crippen MR) is 66.3 cm³/mol. The summed E-state index contributed by atoms with van der Waals surface area (Å²) in [6.07, 6.45) is -1.70. The van der Waals surface area contributed by atoms with Crippen LogP contribution in [0.1, 0.15) is 28.4 Å². The zero-order valence-corrected chi connectivity index (χ0v) is 10.8. The monoisotopic (exact) mass is 284 g/mol. The molecule has 2 rings (SSSR count). The van der Waals surface area contributed by atoms with Crippen molar-refractivity contribution in [1.29, 1.82) is 0 Å². The second-order valence-electron chi connectivity index (χ2n) is 4.64. The molecule has 0 aliphatic rings. The van der Waals surface area contributed by atoms with Gasteiger partial charge in [0, 0.05) is 11.1 Å². The van der Waals surface area contributed by atoms with Crippen molar-refractivity contribution >= 4 is 0 Å². The van der Waals surface area contributed by atoms with Crippen LogP contribution in [0.25, 0.3) is 0 Å². The van der Waals surface area contributed by atoms with Crippen LogP contribution < -0.4 is 0 Å². The van der Waals surface area contributed by atoms with Gasteiger partial charge in [-0.2, -0.15) is 0 Å². The number of hydrogen-bond donors (Lipinski definition) is 1. The fourth-order valence-corrected chi connectivity index (χ4v) is 2.18. The molecule has 0 heterocycles. The van der Waals surface area contributed by atoms with Crippen LogP contribution in [0.4, 0.5) is 17.6 Å². The SMILES string of the molecule is Cc1cc(C)c(C(O)c2ccc(F)c(F)c2F)c(F)c1. The van der Waals surface area contributed by atoms with Gasteiger partial charge in [0.1, 0.15) is 11.9 Å². The smallest absolute Gasteiger partial charge is 0.194 e.